The number of rotatable bonds is 4. The third-order valence-corrected chi connectivity index (χ3v) is 4.09. The molecule has 0 N–H and O–H groups in total. The van der Waals surface area contributed by atoms with Crippen molar-refractivity contribution in [2.75, 3.05) is 18.8 Å². The molecule has 1 aliphatic rings. The van der Waals surface area contributed by atoms with E-state index in [1.54, 1.807) is 0 Å². The SMILES string of the molecule is CC.CC.CCS(=O)N1CC(CC)(CC#N)C1. The molecule has 1 unspecified atom stereocenters. The molecule has 0 radical (unpaired) electrons. The first-order valence-corrected chi connectivity index (χ1v) is 7.95. The average Bonchev–Trinajstić information content (AvgIpc) is 2.37. The summed E-state index contributed by atoms with van der Waals surface area (Å²) in [6, 6.07) is 2.21. The molecular formula is C13H28N2OS. The topological polar surface area (TPSA) is 44.1 Å². The Balaban J connectivity index is 0. The third-order valence-electron chi connectivity index (χ3n) is 2.76. The summed E-state index contributed by atoms with van der Waals surface area (Å²) in [4.78, 5) is 0. The van der Waals surface area contributed by atoms with E-state index in [1.807, 2.05) is 38.9 Å². The quantitative estimate of drug-likeness (QED) is 0.778. The van der Waals surface area contributed by atoms with Gasteiger partial charge in [0, 0.05) is 30.7 Å². The van der Waals surface area contributed by atoms with E-state index < -0.39 is 11.0 Å². The lowest BCUT2D eigenvalue weighted by molar-refractivity contribution is 0.0756. The summed E-state index contributed by atoms with van der Waals surface area (Å²) >= 11 is 0. The van der Waals surface area contributed by atoms with Crippen LogP contribution in [0, 0.1) is 16.7 Å². The largest absolute Gasteiger partial charge is 0.243 e. The van der Waals surface area contributed by atoms with Gasteiger partial charge in [-0.05, 0) is 6.42 Å². The fraction of sp³-hybridized carbons (Fsp3) is 0.923. The van der Waals surface area contributed by atoms with Crippen molar-refractivity contribution in [3.63, 3.8) is 0 Å². The van der Waals surface area contributed by atoms with Crippen molar-refractivity contribution in [2.45, 2.75) is 54.4 Å². The van der Waals surface area contributed by atoms with E-state index in [4.69, 9.17) is 5.26 Å². The van der Waals surface area contributed by atoms with E-state index in [1.165, 1.54) is 0 Å². The smallest absolute Gasteiger partial charge is 0.0940 e. The standard InChI is InChI=1S/C9H16N2OS.2C2H6/c1-3-9(5-6-10)7-11(8-9)13(12)4-2;2*1-2/h3-5,7-8H2,1-2H3;2*1-2H3. The molecule has 1 aliphatic heterocycles. The van der Waals surface area contributed by atoms with Crippen LogP contribution in [0.1, 0.15) is 54.4 Å². The van der Waals surface area contributed by atoms with Crippen molar-refractivity contribution in [3.05, 3.63) is 0 Å². The Labute approximate surface area is 110 Å². The average molecular weight is 260 g/mol. The van der Waals surface area contributed by atoms with Gasteiger partial charge < -0.3 is 0 Å². The maximum atomic E-state index is 11.4. The van der Waals surface area contributed by atoms with Gasteiger partial charge in [-0.15, -0.1) is 0 Å². The summed E-state index contributed by atoms with van der Waals surface area (Å²) in [6.07, 6.45) is 1.61. The molecule has 1 saturated heterocycles. The zero-order valence-corrected chi connectivity index (χ0v) is 13.1. The lowest BCUT2D eigenvalue weighted by Gasteiger charge is -2.47. The maximum absolute atomic E-state index is 11.4. The molecule has 0 aromatic heterocycles. The lowest BCUT2D eigenvalue weighted by Crippen LogP contribution is -2.56. The Morgan fingerprint density at radius 3 is 2.00 bits per heavy atom. The number of nitrogens with zero attached hydrogens (tertiary/aromatic N) is 2. The number of hydrogen-bond acceptors (Lipinski definition) is 2. The van der Waals surface area contributed by atoms with Gasteiger partial charge in [-0.1, -0.05) is 41.5 Å². The van der Waals surface area contributed by atoms with Gasteiger partial charge in [0.05, 0.1) is 17.1 Å². The number of hydrogen-bond donors (Lipinski definition) is 0. The highest BCUT2D eigenvalue weighted by Crippen LogP contribution is 2.37. The van der Waals surface area contributed by atoms with Crippen molar-refractivity contribution in [1.82, 2.24) is 4.31 Å². The highest BCUT2D eigenvalue weighted by molar-refractivity contribution is 7.82. The molecule has 0 saturated carbocycles. The van der Waals surface area contributed by atoms with Crippen LogP contribution in [0.25, 0.3) is 0 Å². The van der Waals surface area contributed by atoms with Gasteiger partial charge in [0.2, 0.25) is 0 Å². The minimum absolute atomic E-state index is 0.138. The normalized spacial score (nSPS) is 18.4. The zero-order valence-electron chi connectivity index (χ0n) is 12.2. The summed E-state index contributed by atoms with van der Waals surface area (Å²) < 4.78 is 13.3. The second-order valence-corrected chi connectivity index (χ2v) is 5.33. The monoisotopic (exact) mass is 260 g/mol. The molecule has 1 heterocycles. The van der Waals surface area contributed by atoms with Gasteiger partial charge in [-0.3, -0.25) is 0 Å². The molecule has 3 nitrogen and oxygen atoms in total. The highest BCUT2D eigenvalue weighted by atomic mass is 32.2. The molecule has 0 aromatic carbocycles. The van der Waals surface area contributed by atoms with E-state index >= 15 is 0 Å². The maximum Gasteiger partial charge on any atom is 0.0940 e. The van der Waals surface area contributed by atoms with Gasteiger partial charge in [0.25, 0.3) is 0 Å². The van der Waals surface area contributed by atoms with E-state index in [9.17, 15) is 4.21 Å². The summed E-state index contributed by atoms with van der Waals surface area (Å²) in [5, 5.41) is 8.64. The van der Waals surface area contributed by atoms with Crippen molar-refractivity contribution in [1.29, 1.82) is 5.26 Å². The first-order valence-electron chi connectivity index (χ1n) is 6.68. The Kier molecular flexibility index (Phi) is 12.0. The predicted octanol–water partition coefficient (Wildman–Crippen LogP) is 3.35. The molecule has 1 atom stereocenters. The first-order chi connectivity index (χ1) is 8.17. The van der Waals surface area contributed by atoms with Crippen molar-refractivity contribution < 1.29 is 4.21 Å². The van der Waals surface area contributed by atoms with Crippen LogP contribution in [0.3, 0.4) is 0 Å². The summed E-state index contributed by atoms with van der Waals surface area (Å²) in [6.45, 7) is 13.7. The zero-order chi connectivity index (χ0) is 13.9. The predicted molar refractivity (Wildman–Crippen MR) is 75.9 cm³/mol. The van der Waals surface area contributed by atoms with Gasteiger partial charge >= 0.3 is 0 Å². The van der Waals surface area contributed by atoms with Crippen LogP contribution in [0.5, 0.6) is 0 Å². The van der Waals surface area contributed by atoms with E-state index in [0.717, 1.165) is 19.5 Å². The minimum Gasteiger partial charge on any atom is -0.243 e. The van der Waals surface area contributed by atoms with Crippen LogP contribution in [0.15, 0.2) is 0 Å². The Hall–Kier alpha value is -0.400. The fourth-order valence-electron chi connectivity index (χ4n) is 1.66. The van der Waals surface area contributed by atoms with Crippen molar-refractivity contribution in [2.24, 2.45) is 5.41 Å². The van der Waals surface area contributed by atoms with Crippen LogP contribution in [-0.4, -0.2) is 27.4 Å². The van der Waals surface area contributed by atoms with Crippen LogP contribution in [-0.2, 0) is 11.0 Å². The second-order valence-electron chi connectivity index (χ2n) is 3.60. The van der Waals surface area contributed by atoms with Crippen molar-refractivity contribution in [3.8, 4) is 6.07 Å². The molecule has 0 spiro atoms. The van der Waals surface area contributed by atoms with Crippen LogP contribution >= 0.6 is 0 Å². The van der Waals surface area contributed by atoms with Crippen molar-refractivity contribution >= 4 is 11.0 Å². The van der Waals surface area contributed by atoms with Crippen LogP contribution < -0.4 is 0 Å². The first kappa shape index (κ1) is 19.0. The molecule has 0 bridgehead atoms. The molecule has 0 aliphatic carbocycles. The highest BCUT2D eigenvalue weighted by Gasteiger charge is 2.43. The minimum atomic E-state index is -0.813. The Morgan fingerprint density at radius 1 is 1.24 bits per heavy atom. The van der Waals surface area contributed by atoms with E-state index in [2.05, 4.69) is 13.0 Å². The van der Waals surface area contributed by atoms with Gasteiger partial charge in [0.1, 0.15) is 0 Å². The molecule has 0 aromatic rings. The molecule has 1 fully saturated rings. The molecular weight excluding hydrogens is 232 g/mol. The van der Waals surface area contributed by atoms with Gasteiger partial charge in [0.15, 0.2) is 0 Å². The van der Waals surface area contributed by atoms with Gasteiger partial charge in [-0.2, -0.15) is 5.26 Å². The number of nitriles is 1. The lowest BCUT2D eigenvalue weighted by atomic mass is 9.77. The summed E-state index contributed by atoms with van der Waals surface area (Å²) in [7, 11) is -0.813. The van der Waals surface area contributed by atoms with E-state index in [0.29, 0.717) is 12.2 Å². The molecule has 17 heavy (non-hydrogen) atoms. The second kappa shape index (κ2) is 10.7. The van der Waals surface area contributed by atoms with Crippen LogP contribution in [0.4, 0.5) is 0 Å². The summed E-state index contributed by atoms with van der Waals surface area (Å²) in [5.41, 5.74) is 0.138. The van der Waals surface area contributed by atoms with E-state index in [-0.39, 0.29) is 5.41 Å². The fourth-order valence-corrected chi connectivity index (χ4v) is 2.86. The Morgan fingerprint density at radius 2 is 1.71 bits per heavy atom. The molecule has 0 amide bonds. The van der Waals surface area contributed by atoms with Gasteiger partial charge in [-0.25, -0.2) is 8.51 Å². The molecule has 4 heteroatoms. The summed E-state index contributed by atoms with van der Waals surface area (Å²) in [5.74, 6) is 0.687. The Bertz CT molecular complexity index is 242. The third kappa shape index (κ3) is 5.65. The molecule has 1 rings (SSSR count). The van der Waals surface area contributed by atoms with Crippen LogP contribution in [0.2, 0.25) is 0 Å². The molecule has 102 valence electrons.